The molecular weight excluding hydrogens is 491 g/mol. The van der Waals surface area contributed by atoms with Gasteiger partial charge in [-0.05, 0) is 26.3 Å². The molecule has 122 valence electrons. The van der Waals surface area contributed by atoms with E-state index in [4.69, 9.17) is 29.7 Å². The van der Waals surface area contributed by atoms with E-state index in [-0.39, 0.29) is 32.9 Å². The minimum absolute atomic E-state index is 0. The second-order valence-electron chi connectivity index (χ2n) is 3.13. The Kier molecular flexibility index (Phi) is 24.4. The zero-order valence-electron chi connectivity index (χ0n) is 12.2. The van der Waals surface area contributed by atoms with E-state index in [1.165, 1.54) is 12.1 Å². The third-order valence-electron chi connectivity index (χ3n) is 1.01. The van der Waals surface area contributed by atoms with Crippen LogP contribution < -0.4 is 20.4 Å². The van der Waals surface area contributed by atoms with E-state index in [2.05, 4.69) is 0 Å². The SMILES string of the molecule is CC(=O)[O-].CC(=O)[O-].CC(=O)[O-].O=C([O-])c1ccccc1.[Pb]. The van der Waals surface area contributed by atoms with Crippen LogP contribution in [0.25, 0.3) is 0 Å². The van der Waals surface area contributed by atoms with Crippen molar-refractivity contribution in [3.05, 3.63) is 35.9 Å². The topological polar surface area (TPSA) is 161 Å². The van der Waals surface area contributed by atoms with E-state index in [1.807, 2.05) is 0 Å². The normalized spacial score (nSPS) is 7.05. The smallest absolute Gasteiger partial charge is 0.0715 e. The number of carbonyl (C=O) groups excluding carboxylic acids is 4. The van der Waals surface area contributed by atoms with Gasteiger partial charge in [-0.1, -0.05) is 30.3 Å². The first-order chi connectivity index (χ1) is 9.50. The molecule has 1 aromatic rings. The summed E-state index contributed by atoms with van der Waals surface area (Å²) in [6.07, 6.45) is 0. The molecule has 0 saturated heterocycles. The molecule has 0 saturated carbocycles. The van der Waals surface area contributed by atoms with Gasteiger partial charge in [0.1, 0.15) is 0 Å². The zero-order valence-corrected chi connectivity index (χ0v) is 16.0. The summed E-state index contributed by atoms with van der Waals surface area (Å²) in [5.41, 5.74) is 0.220. The van der Waals surface area contributed by atoms with Crippen molar-refractivity contribution in [1.29, 1.82) is 0 Å². The average molecular weight is 505 g/mol. The molecule has 9 heteroatoms. The molecule has 0 aliphatic rings. The molecule has 0 amide bonds. The monoisotopic (exact) mass is 506 g/mol. The minimum Gasteiger partial charge on any atom is -0.550 e. The number of hydrogen-bond donors (Lipinski definition) is 0. The van der Waals surface area contributed by atoms with E-state index in [9.17, 15) is 9.90 Å². The Morgan fingerprint density at radius 2 is 0.909 bits per heavy atom. The van der Waals surface area contributed by atoms with Crippen LogP contribution in [0.15, 0.2) is 30.3 Å². The summed E-state index contributed by atoms with van der Waals surface area (Å²) >= 11 is 0. The fourth-order valence-corrected chi connectivity index (χ4v) is 0.574. The van der Waals surface area contributed by atoms with Gasteiger partial charge in [0.05, 0.1) is 5.97 Å². The van der Waals surface area contributed by atoms with Crippen LogP contribution in [0.3, 0.4) is 0 Å². The van der Waals surface area contributed by atoms with Gasteiger partial charge >= 0.3 is 0 Å². The molecule has 0 aliphatic heterocycles. The molecule has 0 unspecified atom stereocenters. The molecule has 0 N–H and O–H groups in total. The molecule has 1 aromatic carbocycles. The molecule has 1 rings (SSSR count). The number of carboxylic acids is 4. The number of benzene rings is 1. The predicted molar refractivity (Wildman–Crippen MR) is 68.6 cm³/mol. The molecule has 0 fully saturated rings. The van der Waals surface area contributed by atoms with Crippen molar-refractivity contribution in [2.24, 2.45) is 0 Å². The molecule has 0 aliphatic carbocycles. The standard InChI is InChI=1S/C7H6O2.3C2H4O2.Pb/c8-7(9)6-4-2-1-3-5-6;3*1-2(3)4;/h1-5H,(H,8,9);3*1H3,(H,3,4);/p-4. The van der Waals surface area contributed by atoms with Crippen molar-refractivity contribution in [3.63, 3.8) is 0 Å². The van der Waals surface area contributed by atoms with Crippen LogP contribution in [0, 0.1) is 0 Å². The maximum atomic E-state index is 10.1. The van der Waals surface area contributed by atoms with Gasteiger partial charge in [0.15, 0.2) is 0 Å². The Labute approximate surface area is 147 Å². The predicted octanol–water partition coefficient (Wildman–Crippen LogP) is -4.06. The van der Waals surface area contributed by atoms with Gasteiger partial charge in [-0.3, -0.25) is 0 Å². The summed E-state index contributed by atoms with van der Waals surface area (Å²) in [5.74, 6) is -4.38. The molecule has 8 nitrogen and oxygen atoms in total. The van der Waals surface area contributed by atoms with E-state index < -0.39 is 23.9 Å². The van der Waals surface area contributed by atoms with Crippen LogP contribution in [-0.2, 0) is 14.4 Å². The van der Waals surface area contributed by atoms with Crippen LogP contribution >= 0.6 is 0 Å². The molecule has 0 aromatic heterocycles. The van der Waals surface area contributed by atoms with Crippen molar-refractivity contribution >= 4 is 51.2 Å². The fourth-order valence-electron chi connectivity index (χ4n) is 0.574. The first kappa shape index (κ1) is 28.2. The number of carbonyl (C=O) groups is 4. The van der Waals surface area contributed by atoms with Gasteiger partial charge < -0.3 is 39.6 Å². The summed E-state index contributed by atoms with van der Waals surface area (Å²) in [6, 6.07) is 8.06. The van der Waals surface area contributed by atoms with Gasteiger partial charge in [-0.2, -0.15) is 0 Å². The third-order valence-corrected chi connectivity index (χ3v) is 1.01. The molecule has 22 heavy (non-hydrogen) atoms. The van der Waals surface area contributed by atoms with Gasteiger partial charge in [0.25, 0.3) is 0 Å². The van der Waals surface area contributed by atoms with Crippen molar-refractivity contribution < 1.29 is 39.6 Å². The maximum Gasteiger partial charge on any atom is 0.0715 e. The molecule has 0 bridgehead atoms. The average Bonchev–Trinajstić information content (AvgIpc) is 2.27. The Morgan fingerprint density at radius 3 is 1.05 bits per heavy atom. The summed E-state index contributed by atoms with van der Waals surface area (Å²) < 4.78 is 0. The van der Waals surface area contributed by atoms with Crippen molar-refractivity contribution in [1.82, 2.24) is 0 Å². The van der Waals surface area contributed by atoms with Crippen molar-refractivity contribution in [2.45, 2.75) is 20.8 Å². The fraction of sp³-hybridized carbons (Fsp3) is 0.231. The second-order valence-corrected chi connectivity index (χ2v) is 3.13. The van der Waals surface area contributed by atoms with E-state index in [0.717, 1.165) is 20.8 Å². The van der Waals surface area contributed by atoms with Crippen LogP contribution in [0.5, 0.6) is 0 Å². The molecule has 4 radical (unpaired) electrons. The van der Waals surface area contributed by atoms with E-state index >= 15 is 0 Å². The Balaban J connectivity index is -0.000000107. The largest absolute Gasteiger partial charge is 0.550 e. The van der Waals surface area contributed by atoms with Gasteiger partial charge in [0.2, 0.25) is 0 Å². The first-order valence-corrected chi connectivity index (χ1v) is 5.29. The molecule has 0 spiro atoms. The van der Waals surface area contributed by atoms with E-state index in [1.54, 1.807) is 18.2 Å². The number of aliphatic carboxylic acids is 3. The van der Waals surface area contributed by atoms with E-state index in [0.29, 0.717) is 0 Å². The first-order valence-electron chi connectivity index (χ1n) is 5.29. The number of aromatic carboxylic acids is 1. The number of carboxylic acid groups (broad SMARTS) is 4. The van der Waals surface area contributed by atoms with Crippen LogP contribution in [0.2, 0.25) is 0 Å². The Bertz CT molecular complexity index is 404. The van der Waals surface area contributed by atoms with Crippen molar-refractivity contribution in [2.75, 3.05) is 0 Å². The number of rotatable bonds is 1. The summed E-state index contributed by atoms with van der Waals surface area (Å²) in [7, 11) is 0. The van der Waals surface area contributed by atoms with Gasteiger partial charge in [-0.15, -0.1) is 0 Å². The van der Waals surface area contributed by atoms with Gasteiger partial charge in [-0.25, -0.2) is 0 Å². The van der Waals surface area contributed by atoms with Gasteiger partial charge in [0, 0.05) is 45.2 Å². The van der Waals surface area contributed by atoms with Crippen LogP contribution in [0.1, 0.15) is 31.1 Å². The van der Waals surface area contributed by atoms with Crippen LogP contribution in [0.4, 0.5) is 0 Å². The summed E-state index contributed by atoms with van der Waals surface area (Å²) in [5, 5.41) is 36.8. The quantitative estimate of drug-likeness (QED) is 0.349. The summed E-state index contributed by atoms with van der Waals surface area (Å²) in [6.45, 7) is 2.92. The summed E-state index contributed by atoms with van der Waals surface area (Å²) in [4.78, 5) is 36.8. The van der Waals surface area contributed by atoms with Crippen molar-refractivity contribution in [3.8, 4) is 0 Å². The number of hydrogen-bond acceptors (Lipinski definition) is 8. The Hall–Kier alpha value is -1.98. The zero-order chi connectivity index (χ0) is 17.4. The molecule has 0 heterocycles. The second kappa shape index (κ2) is 19.0. The maximum absolute atomic E-state index is 10.1. The van der Waals surface area contributed by atoms with Crippen LogP contribution in [-0.4, -0.2) is 51.2 Å². The Morgan fingerprint density at radius 1 is 0.682 bits per heavy atom. The molecule has 0 atom stereocenters. The molecular formula is C13H14O8Pb-4. The minimum atomic E-state index is -1.13. The third kappa shape index (κ3) is 52.0.